The summed E-state index contributed by atoms with van der Waals surface area (Å²) >= 11 is 1.91. The van der Waals surface area contributed by atoms with Gasteiger partial charge in [0.05, 0.1) is 11.0 Å². The molecule has 11 aromatic rings. The molecule has 0 aliphatic rings. The van der Waals surface area contributed by atoms with Crippen molar-refractivity contribution in [2.75, 3.05) is 4.90 Å². The van der Waals surface area contributed by atoms with Gasteiger partial charge >= 0.3 is 0 Å². The number of aromatic nitrogens is 1. The fourth-order valence-electron chi connectivity index (χ4n) is 8.40. The Balaban J connectivity index is 0.955. The molecule has 0 aliphatic carbocycles. The molecule has 2 nitrogen and oxygen atoms in total. The molecule has 0 amide bonds. The van der Waals surface area contributed by atoms with Gasteiger partial charge in [-0.1, -0.05) is 146 Å². The zero-order valence-electron chi connectivity index (χ0n) is 29.9. The number of benzene rings is 9. The van der Waals surface area contributed by atoms with Crippen LogP contribution in [0.5, 0.6) is 0 Å². The summed E-state index contributed by atoms with van der Waals surface area (Å²) in [6.07, 6.45) is 0. The summed E-state index contributed by atoms with van der Waals surface area (Å²) in [6, 6.07) is 74.9. The predicted molar refractivity (Wildman–Crippen MR) is 237 cm³/mol. The summed E-state index contributed by atoms with van der Waals surface area (Å²) in [4.78, 5) is 2.34. The van der Waals surface area contributed by atoms with Crippen LogP contribution in [-0.2, 0) is 0 Å². The number of nitrogens with zero attached hydrogens (tertiary/aromatic N) is 2. The van der Waals surface area contributed by atoms with E-state index in [2.05, 4.69) is 216 Å². The summed E-state index contributed by atoms with van der Waals surface area (Å²) in [7, 11) is 0. The van der Waals surface area contributed by atoms with E-state index in [0.717, 1.165) is 22.7 Å². The molecule has 0 aliphatic heterocycles. The smallest absolute Gasteiger partial charge is 0.0541 e. The first-order valence-electron chi connectivity index (χ1n) is 18.8. The minimum Gasteiger partial charge on any atom is -0.311 e. The second-order valence-electron chi connectivity index (χ2n) is 14.1. The quantitative estimate of drug-likeness (QED) is 0.166. The van der Waals surface area contributed by atoms with Gasteiger partial charge in [-0.15, -0.1) is 11.3 Å². The molecule has 3 heteroatoms. The van der Waals surface area contributed by atoms with E-state index in [1.165, 1.54) is 75.0 Å². The third-order valence-corrected chi connectivity index (χ3v) is 12.3. The number of anilines is 3. The zero-order chi connectivity index (χ0) is 36.3. The molecule has 0 atom stereocenters. The molecule has 0 radical (unpaired) electrons. The fraction of sp³-hybridized carbons (Fsp3) is 0. The van der Waals surface area contributed by atoms with Gasteiger partial charge in [0.1, 0.15) is 0 Å². The van der Waals surface area contributed by atoms with E-state index in [1.54, 1.807) is 0 Å². The highest BCUT2D eigenvalue weighted by atomic mass is 32.1. The molecule has 9 aromatic carbocycles. The van der Waals surface area contributed by atoms with Crippen LogP contribution in [-0.4, -0.2) is 4.57 Å². The van der Waals surface area contributed by atoms with Gasteiger partial charge in [-0.2, -0.15) is 0 Å². The summed E-state index contributed by atoms with van der Waals surface area (Å²) in [5, 5.41) is 7.80. The summed E-state index contributed by atoms with van der Waals surface area (Å²) in [5.41, 5.74) is 11.8. The highest BCUT2D eigenvalue weighted by Gasteiger charge is 2.16. The van der Waals surface area contributed by atoms with Gasteiger partial charge in [0.15, 0.2) is 0 Å². The average Bonchev–Trinajstić information content (AvgIpc) is 3.81. The van der Waals surface area contributed by atoms with Crippen molar-refractivity contribution in [3.63, 3.8) is 0 Å². The van der Waals surface area contributed by atoms with Crippen LogP contribution in [0.2, 0.25) is 0 Å². The van der Waals surface area contributed by atoms with E-state index in [9.17, 15) is 0 Å². The third-order valence-electron chi connectivity index (χ3n) is 11.0. The normalized spacial score (nSPS) is 11.6. The second kappa shape index (κ2) is 12.9. The lowest BCUT2D eigenvalue weighted by Crippen LogP contribution is -2.09. The number of hydrogen-bond donors (Lipinski definition) is 0. The highest BCUT2D eigenvalue weighted by molar-refractivity contribution is 7.27. The van der Waals surface area contributed by atoms with Crippen LogP contribution < -0.4 is 4.90 Å². The predicted octanol–water partition coefficient (Wildman–Crippen LogP) is 15.1. The molecular formula is C52H34N2S. The Morgan fingerprint density at radius 3 is 1.64 bits per heavy atom. The van der Waals surface area contributed by atoms with Crippen LogP contribution >= 0.6 is 11.3 Å². The van der Waals surface area contributed by atoms with E-state index < -0.39 is 0 Å². The van der Waals surface area contributed by atoms with Gasteiger partial charge < -0.3 is 9.47 Å². The van der Waals surface area contributed by atoms with Crippen molar-refractivity contribution in [2.24, 2.45) is 0 Å². The topological polar surface area (TPSA) is 8.17 Å². The molecule has 0 saturated heterocycles. The lowest BCUT2D eigenvalue weighted by Gasteiger charge is -2.26. The highest BCUT2D eigenvalue weighted by Crippen LogP contribution is 2.44. The van der Waals surface area contributed by atoms with Gasteiger partial charge in [-0.25, -0.2) is 0 Å². The maximum atomic E-state index is 2.38. The maximum absolute atomic E-state index is 2.38. The minimum absolute atomic E-state index is 1.11. The molecule has 258 valence electrons. The van der Waals surface area contributed by atoms with Crippen molar-refractivity contribution in [1.29, 1.82) is 0 Å². The maximum Gasteiger partial charge on any atom is 0.0541 e. The Morgan fingerprint density at radius 1 is 0.345 bits per heavy atom. The first-order chi connectivity index (χ1) is 27.3. The first-order valence-corrected chi connectivity index (χ1v) is 19.6. The van der Waals surface area contributed by atoms with E-state index in [1.807, 2.05) is 11.3 Å². The van der Waals surface area contributed by atoms with Crippen LogP contribution in [0.1, 0.15) is 0 Å². The van der Waals surface area contributed by atoms with Crippen molar-refractivity contribution in [3.05, 3.63) is 206 Å². The van der Waals surface area contributed by atoms with Crippen LogP contribution in [0, 0.1) is 0 Å². The number of para-hydroxylation sites is 3. The Labute approximate surface area is 323 Å². The van der Waals surface area contributed by atoms with Gasteiger partial charge in [-0.05, 0) is 93.7 Å². The lowest BCUT2D eigenvalue weighted by molar-refractivity contribution is 1.18. The summed E-state index contributed by atoms with van der Waals surface area (Å²) < 4.78 is 5.07. The molecule has 0 N–H and O–H groups in total. The molecule has 0 bridgehead atoms. The van der Waals surface area contributed by atoms with Gasteiger partial charge in [0.25, 0.3) is 0 Å². The van der Waals surface area contributed by atoms with E-state index in [-0.39, 0.29) is 0 Å². The molecule has 0 fully saturated rings. The Hall–Kier alpha value is -6.94. The van der Waals surface area contributed by atoms with E-state index in [0.29, 0.717) is 0 Å². The number of thiophene rings is 1. The van der Waals surface area contributed by atoms with Crippen molar-refractivity contribution in [1.82, 2.24) is 4.57 Å². The molecule has 0 spiro atoms. The third kappa shape index (κ3) is 5.24. The lowest BCUT2D eigenvalue weighted by atomic mass is 10.0. The van der Waals surface area contributed by atoms with E-state index in [4.69, 9.17) is 0 Å². The van der Waals surface area contributed by atoms with Gasteiger partial charge in [-0.3, -0.25) is 0 Å². The molecule has 11 rings (SSSR count). The van der Waals surface area contributed by atoms with Crippen molar-refractivity contribution in [2.45, 2.75) is 0 Å². The average molecular weight is 719 g/mol. The SMILES string of the molecule is c1ccc(N(c2ccc(-c3cccc(-n4c5ccccc5c5ccccc54)c3)cc2)c2ccc(-c3cccc4c3sc3c5ccccc5ccc43)cc2)cc1. The monoisotopic (exact) mass is 718 g/mol. The van der Waals surface area contributed by atoms with Crippen LogP contribution in [0.4, 0.5) is 17.1 Å². The minimum atomic E-state index is 1.11. The van der Waals surface area contributed by atoms with Crippen molar-refractivity contribution < 1.29 is 0 Å². The number of hydrogen-bond acceptors (Lipinski definition) is 2. The summed E-state index contributed by atoms with van der Waals surface area (Å²) in [5.74, 6) is 0. The standard InChI is InChI=1S/C52H34N2S/c1-2-14-39(15-3-1)53(41-31-26-37(27-32-41)44-20-11-21-47-48-33-28-36-12-4-5-17-43(36)52(48)55-51(44)47)40-29-24-35(25-30-40)38-13-10-16-42(34-38)54-49-22-8-6-18-45(49)46-19-7-9-23-50(46)54/h1-34H. The molecule has 2 aromatic heterocycles. The van der Waals surface area contributed by atoms with Crippen LogP contribution in [0.15, 0.2) is 206 Å². The Bertz CT molecular complexity index is 3140. The molecule has 55 heavy (non-hydrogen) atoms. The van der Waals surface area contributed by atoms with Crippen LogP contribution in [0.3, 0.4) is 0 Å². The van der Waals surface area contributed by atoms with Crippen LogP contribution in [0.25, 0.3) is 80.7 Å². The Kier molecular flexibility index (Phi) is 7.39. The van der Waals surface area contributed by atoms with E-state index >= 15 is 0 Å². The number of fused-ring (bicyclic) bond motifs is 8. The second-order valence-corrected chi connectivity index (χ2v) is 15.2. The van der Waals surface area contributed by atoms with Gasteiger partial charge in [0, 0.05) is 53.7 Å². The van der Waals surface area contributed by atoms with Gasteiger partial charge in [0.2, 0.25) is 0 Å². The first kappa shape index (κ1) is 31.6. The fourth-order valence-corrected chi connectivity index (χ4v) is 9.77. The molecule has 0 saturated carbocycles. The van der Waals surface area contributed by atoms with Crippen molar-refractivity contribution in [3.8, 4) is 27.9 Å². The summed E-state index contributed by atoms with van der Waals surface area (Å²) in [6.45, 7) is 0. The molecular weight excluding hydrogens is 685 g/mol. The largest absolute Gasteiger partial charge is 0.311 e. The van der Waals surface area contributed by atoms with Crippen molar-refractivity contribution >= 4 is 81.1 Å². The Morgan fingerprint density at radius 2 is 0.909 bits per heavy atom. The molecule has 2 heterocycles. The number of rotatable bonds is 6. The zero-order valence-corrected chi connectivity index (χ0v) is 30.7. The molecule has 0 unspecified atom stereocenters.